The number of hydrogen-bond donors (Lipinski definition) is 1. The summed E-state index contributed by atoms with van der Waals surface area (Å²) in [6.45, 7) is 13.1. The van der Waals surface area contributed by atoms with Crippen LogP contribution in [0.2, 0.25) is 0 Å². The van der Waals surface area contributed by atoms with Gasteiger partial charge in [-0.05, 0) is 50.6 Å². The Bertz CT molecular complexity index is 432. The van der Waals surface area contributed by atoms with Crippen molar-refractivity contribution in [3.8, 4) is 0 Å². The Morgan fingerprint density at radius 2 is 2.10 bits per heavy atom. The highest BCUT2D eigenvalue weighted by Gasteiger charge is 2.29. The van der Waals surface area contributed by atoms with Gasteiger partial charge in [0.2, 0.25) is 0 Å². The number of nitrogens with two attached hydrogens (primary N) is 1. The van der Waals surface area contributed by atoms with Gasteiger partial charge in [-0.15, -0.1) is 0 Å². The minimum atomic E-state index is 0.323. The maximum Gasteiger partial charge on any atom is 0.0538 e. The van der Waals surface area contributed by atoms with E-state index in [4.69, 9.17) is 5.73 Å². The lowest BCUT2D eigenvalue weighted by atomic mass is 9.77. The third kappa shape index (κ3) is 4.07. The zero-order chi connectivity index (χ0) is 15.5. The molecule has 4 heteroatoms. The van der Waals surface area contributed by atoms with Crippen LogP contribution in [0.25, 0.3) is 0 Å². The molecule has 1 fully saturated rings. The SMILES string of the molecule is CCn1cc(C(CN)N2CCCC(C(C)(C)C)CC2)cn1. The van der Waals surface area contributed by atoms with Crippen molar-refractivity contribution in [1.29, 1.82) is 0 Å². The van der Waals surface area contributed by atoms with Crippen molar-refractivity contribution >= 4 is 0 Å². The van der Waals surface area contributed by atoms with E-state index in [2.05, 4.69) is 43.9 Å². The molecule has 4 nitrogen and oxygen atoms in total. The van der Waals surface area contributed by atoms with Crippen LogP contribution in [-0.2, 0) is 6.54 Å². The fraction of sp³-hybridized carbons (Fsp3) is 0.824. The predicted molar refractivity (Wildman–Crippen MR) is 88.1 cm³/mol. The van der Waals surface area contributed by atoms with Crippen LogP contribution in [0.1, 0.15) is 58.6 Å². The van der Waals surface area contributed by atoms with Crippen molar-refractivity contribution in [3.63, 3.8) is 0 Å². The molecular formula is C17H32N4. The Kier molecular flexibility index (Phi) is 5.44. The molecule has 0 spiro atoms. The third-order valence-electron chi connectivity index (χ3n) is 5.01. The third-order valence-corrected chi connectivity index (χ3v) is 5.01. The lowest BCUT2D eigenvalue weighted by Crippen LogP contribution is -2.34. The molecule has 1 saturated heterocycles. The summed E-state index contributed by atoms with van der Waals surface area (Å²) in [7, 11) is 0. The highest BCUT2D eigenvalue weighted by Crippen LogP contribution is 2.35. The normalized spacial score (nSPS) is 23.0. The van der Waals surface area contributed by atoms with Crippen LogP contribution in [0.15, 0.2) is 12.4 Å². The lowest BCUT2D eigenvalue weighted by molar-refractivity contribution is 0.185. The second-order valence-electron chi connectivity index (χ2n) is 7.41. The van der Waals surface area contributed by atoms with E-state index in [0.29, 0.717) is 18.0 Å². The van der Waals surface area contributed by atoms with Gasteiger partial charge in [0.15, 0.2) is 0 Å². The van der Waals surface area contributed by atoms with E-state index in [9.17, 15) is 0 Å². The van der Waals surface area contributed by atoms with Crippen LogP contribution >= 0.6 is 0 Å². The Morgan fingerprint density at radius 3 is 2.67 bits per heavy atom. The minimum absolute atomic E-state index is 0.323. The van der Waals surface area contributed by atoms with Gasteiger partial charge in [-0.3, -0.25) is 9.58 Å². The number of likely N-dealkylation sites (tertiary alicyclic amines) is 1. The summed E-state index contributed by atoms with van der Waals surface area (Å²) >= 11 is 0. The maximum absolute atomic E-state index is 6.08. The summed E-state index contributed by atoms with van der Waals surface area (Å²) in [5.74, 6) is 0.819. The molecule has 1 aliphatic heterocycles. The molecular weight excluding hydrogens is 260 g/mol. The molecule has 0 amide bonds. The molecule has 2 heterocycles. The van der Waals surface area contributed by atoms with Crippen LogP contribution in [0.3, 0.4) is 0 Å². The van der Waals surface area contributed by atoms with Gasteiger partial charge in [-0.2, -0.15) is 5.10 Å². The van der Waals surface area contributed by atoms with Gasteiger partial charge in [-0.25, -0.2) is 0 Å². The van der Waals surface area contributed by atoms with Crippen LogP contribution in [0.5, 0.6) is 0 Å². The van der Waals surface area contributed by atoms with Crippen molar-refractivity contribution in [2.24, 2.45) is 17.1 Å². The highest BCUT2D eigenvalue weighted by molar-refractivity contribution is 5.11. The summed E-state index contributed by atoms with van der Waals surface area (Å²) in [6.07, 6.45) is 8.05. The van der Waals surface area contributed by atoms with E-state index in [0.717, 1.165) is 25.6 Å². The topological polar surface area (TPSA) is 47.1 Å². The second-order valence-corrected chi connectivity index (χ2v) is 7.41. The van der Waals surface area contributed by atoms with Gasteiger partial charge < -0.3 is 5.73 Å². The molecule has 120 valence electrons. The van der Waals surface area contributed by atoms with Crippen LogP contribution in [0.4, 0.5) is 0 Å². The van der Waals surface area contributed by atoms with Gasteiger partial charge >= 0.3 is 0 Å². The summed E-state index contributed by atoms with van der Waals surface area (Å²) in [5, 5.41) is 4.41. The molecule has 21 heavy (non-hydrogen) atoms. The molecule has 2 atom stereocenters. The lowest BCUT2D eigenvalue weighted by Gasteiger charge is -2.31. The first-order chi connectivity index (χ1) is 9.95. The Hall–Kier alpha value is -0.870. The van der Waals surface area contributed by atoms with Crippen molar-refractivity contribution in [3.05, 3.63) is 18.0 Å². The number of nitrogens with zero attached hydrogens (tertiary/aromatic N) is 3. The number of aromatic nitrogens is 2. The Balaban J connectivity index is 2.05. The number of rotatable bonds is 4. The Labute approximate surface area is 129 Å². The molecule has 0 saturated carbocycles. The standard InChI is InChI=1S/C17H32N4/c1-5-21-13-14(12-19-21)16(11-18)20-9-6-7-15(8-10-20)17(2,3)4/h12-13,15-16H,5-11,18H2,1-4H3. The van der Waals surface area contributed by atoms with Gasteiger partial charge in [0.1, 0.15) is 0 Å². The average molecular weight is 292 g/mol. The van der Waals surface area contributed by atoms with Crippen molar-refractivity contribution in [2.75, 3.05) is 19.6 Å². The summed E-state index contributed by atoms with van der Waals surface area (Å²) in [6, 6.07) is 0.323. The molecule has 0 radical (unpaired) electrons. The highest BCUT2D eigenvalue weighted by atomic mass is 15.3. The van der Waals surface area contributed by atoms with Crippen LogP contribution in [-0.4, -0.2) is 34.3 Å². The van der Waals surface area contributed by atoms with Crippen LogP contribution in [0, 0.1) is 11.3 Å². The van der Waals surface area contributed by atoms with E-state index in [1.165, 1.54) is 24.8 Å². The van der Waals surface area contributed by atoms with E-state index in [1.54, 1.807) is 0 Å². The fourth-order valence-corrected chi connectivity index (χ4v) is 3.52. The summed E-state index contributed by atoms with van der Waals surface area (Å²) in [5.41, 5.74) is 7.77. The quantitative estimate of drug-likeness (QED) is 0.928. The van der Waals surface area contributed by atoms with E-state index in [1.807, 2.05) is 10.9 Å². The van der Waals surface area contributed by atoms with Crippen LogP contribution < -0.4 is 5.73 Å². The predicted octanol–water partition coefficient (Wildman–Crippen LogP) is 3.05. The van der Waals surface area contributed by atoms with E-state index < -0.39 is 0 Å². The van der Waals surface area contributed by atoms with Gasteiger partial charge in [0.25, 0.3) is 0 Å². The van der Waals surface area contributed by atoms with Crippen molar-refractivity contribution in [2.45, 2.75) is 59.5 Å². The number of hydrogen-bond acceptors (Lipinski definition) is 3. The smallest absolute Gasteiger partial charge is 0.0538 e. The molecule has 2 unspecified atom stereocenters. The molecule has 0 aliphatic carbocycles. The summed E-state index contributed by atoms with van der Waals surface area (Å²) < 4.78 is 1.99. The monoisotopic (exact) mass is 292 g/mol. The minimum Gasteiger partial charge on any atom is -0.329 e. The average Bonchev–Trinajstić information content (AvgIpc) is 2.75. The maximum atomic E-state index is 6.08. The molecule has 1 aromatic rings. The largest absolute Gasteiger partial charge is 0.329 e. The van der Waals surface area contributed by atoms with E-state index >= 15 is 0 Å². The first kappa shape index (κ1) is 16.5. The first-order valence-corrected chi connectivity index (χ1v) is 8.42. The second kappa shape index (κ2) is 6.93. The molecule has 0 bridgehead atoms. The molecule has 2 rings (SSSR count). The Morgan fingerprint density at radius 1 is 1.33 bits per heavy atom. The summed E-state index contributed by atoms with van der Waals surface area (Å²) in [4.78, 5) is 2.57. The van der Waals surface area contributed by atoms with Gasteiger partial charge in [-0.1, -0.05) is 20.8 Å². The fourth-order valence-electron chi connectivity index (χ4n) is 3.52. The first-order valence-electron chi connectivity index (χ1n) is 8.42. The van der Waals surface area contributed by atoms with E-state index in [-0.39, 0.29) is 0 Å². The van der Waals surface area contributed by atoms with Gasteiger partial charge in [0.05, 0.1) is 12.2 Å². The zero-order valence-electron chi connectivity index (χ0n) is 14.2. The zero-order valence-corrected chi connectivity index (χ0v) is 14.2. The number of aryl methyl sites for hydroxylation is 1. The van der Waals surface area contributed by atoms with Crippen molar-refractivity contribution < 1.29 is 0 Å². The molecule has 2 N–H and O–H groups in total. The molecule has 1 aliphatic rings. The van der Waals surface area contributed by atoms with Crippen molar-refractivity contribution in [1.82, 2.24) is 14.7 Å². The van der Waals surface area contributed by atoms with Gasteiger partial charge in [0, 0.05) is 24.8 Å². The molecule has 0 aromatic carbocycles. The molecule has 1 aromatic heterocycles.